The normalized spacial score (nSPS) is 20.2. The van der Waals surface area contributed by atoms with Crippen molar-refractivity contribution in [3.05, 3.63) is 11.0 Å². The van der Waals surface area contributed by atoms with Gasteiger partial charge in [-0.1, -0.05) is 58.3 Å². The highest BCUT2D eigenvalue weighted by Crippen LogP contribution is 2.36. The minimum atomic E-state index is 0.197. The lowest BCUT2D eigenvalue weighted by atomic mass is 9.49. The highest BCUT2D eigenvalue weighted by molar-refractivity contribution is 6.65. The van der Waals surface area contributed by atoms with E-state index >= 15 is 0 Å². The minimum absolute atomic E-state index is 0.197. The van der Waals surface area contributed by atoms with E-state index in [2.05, 4.69) is 41.1 Å². The van der Waals surface area contributed by atoms with Crippen molar-refractivity contribution in [1.29, 1.82) is 0 Å². The lowest BCUT2D eigenvalue weighted by Gasteiger charge is -2.28. The van der Waals surface area contributed by atoms with Gasteiger partial charge in [-0.3, -0.25) is 0 Å². The Hall–Kier alpha value is 0.0949. The van der Waals surface area contributed by atoms with Gasteiger partial charge in [-0.25, -0.2) is 0 Å². The first-order valence-corrected chi connectivity index (χ1v) is 7.03. The van der Waals surface area contributed by atoms with Crippen LogP contribution in [-0.4, -0.2) is 7.28 Å². The average Bonchev–Trinajstić information content (AvgIpc) is 2.17. The molecule has 91 valence electrons. The topological polar surface area (TPSA) is 0 Å². The van der Waals surface area contributed by atoms with Gasteiger partial charge in [0.05, 0.1) is 0 Å². The fraction of sp³-hybridized carbons (Fsp3) is 0.857. The molecular formula is C14H25BCl. The second-order valence-electron chi connectivity index (χ2n) is 6.07. The summed E-state index contributed by atoms with van der Waals surface area (Å²) >= 11 is 6.35. The Morgan fingerprint density at radius 1 is 1.25 bits per heavy atom. The molecule has 1 radical (unpaired) electrons. The summed E-state index contributed by atoms with van der Waals surface area (Å²) in [5, 5.41) is 0.197. The second-order valence-corrected chi connectivity index (χ2v) is 6.51. The predicted octanol–water partition coefficient (Wildman–Crippen LogP) is 5.21. The van der Waals surface area contributed by atoms with Gasteiger partial charge in [0, 0.05) is 0 Å². The van der Waals surface area contributed by atoms with Gasteiger partial charge in [-0.2, -0.15) is 0 Å². The van der Waals surface area contributed by atoms with Crippen molar-refractivity contribution >= 4 is 18.9 Å². The highest BCUT2D eigenvalue weighted by Gasteiger charge is 2.25. The summed E-state index contributed by atoms with van der Waals surface area (Å²) in [7, 11) is 2.23. The van der Waals surface area contributed by atoms with Gasteiger partial charge in [-0.05, 0) is 29.6 Å². The van der Waals surface area contributed by atoms with Crippen LogP contribution in [0.25, 0.3) is 0 Å². The average molecular weight is 240 g/mol. The van der Waals surface area contributed by atoms with E-state index in [0.717, 1.165) is 10.8 Å². The minimum Gasteiger partial charge on any atom is -0.101 e. The number of rotatable bonds is 4. The molecule has 2 heteroatoms. The van der Waals surface area contributed by atoms with Gasteiger partial charge >= 0.3 is 0 Å². The first kappa shape index (κ1) is 14.2. The molecule has 0 aromatic rings. The Morgan fingerprint density at radius 2 is 1.81 bits per heavy atom. The van der Waals surface area contributed by atoms with Crippen LogP contribution in [0.3, 0.4) is 0 Å². The fourth-order valence-corrected chi connectivity index (χ4v) is 2.56. The maximum absolute atomic E-state index is 6.35. The third-order valence-corrected chi connectivity index (χ3v) is 4.28. The SMILES string of the molecule is CC(C)C(C)(C)[B]/C(Cl)=C/C1CCCCC1. The molecule has 1 saturated carbocycles. The molecular weight excluding hydrogens is 214 g/mol. The van der Waals surface area contributed by atoms with Crippen LogP contribution < -0.4 is 0 Å². The van der Waals surface area contributed by atoms with Crippen LogP contribution in [0.4, 0.5) is 0 Å². The Bertz CT molecular complexity index is 237. The van der Waals surface area contributed by atoms with E-state index in [0.29, 0.717) is 5.92 Å². The van der Waals surface area contributed by atoms with Crippen molar-refractivity contribution in [3.8, 4) is 0 Å². The number of hydrogen-bond donors (Lipinski definition) is 0. The molecule has 0 atom stereocenters. The van der Waals surface area contributed by atoms with Gasteiger partial charge in [-0.15, -0.1) is 11.6 Å². The summed E-state index contributed by atoms with van der Waals surface area (Å²) in [4.78, 5) is 0.964. The maximum Gasteiger partial charge on any atom is 0.174 e. The third-order valence-electron chi connectivity index (χ3n) is 4.04. The molecule has 0 aromatic carbocycles. The van der Waals surface area contributed by atoms with E-state index in [1.54, 1.807) is 0 Å². The van der Waals surface area contributed by atoms with Crippen LogP contribution in [0.1, 0.15) is 59.8 Å². The Balaban J connectivity index is 2.49. The Morgan fingerprint density at radius 3 is 2.31 bits per heavy atom. The largest absolute Gasteiger partial charge is 0.174 e. The zero-order valence-electron chi connectivity index (χ0n) is 11.2. The van der Waals surface area contributed by atoms with E-state index in [1.165, 1.54) is 32.1 Å². The van der Waals surface area contributed by atoms with E-state index in [1.807, 2.05) is 0 Å². The number of allylic oxidation sites excluding steroid dienone is 1. The molecule has 1 fully saturated rings. The van der Waals surface area contributed by atoms with Crippen LogP contribution in [-0.2, 0) is 0 Å². The van der Waals surface area contributed by atoms with E-state index < -0.39 is 0 Å². The molecule has 0 unspecified atom stereocenters. The lowest BCUT2D eigenvalue weighted by Crippen LogP contribution is -2.20. The van der Waals surface area contributed by atoms with Gasteiger partial charge < -0.3 is 0 Å². The molecule has 0 heterocycles. The summed E-state index contributed by atoms with van der Waals surface area (Å²) in [6.07, 6.45) is 9.09. The molecule has 0 nitrogen and oxygen atoms in total. The third kappa shape index (κ3) is 4.53. The van der Waals surface area contributed by atoms with Crippen molar-refractivity contribution in [2.24, 2.45) is 11.8 Å². The van der Waals surface area contributed by atoms with Crippen LogP contribution in [0, 0.1) is 11.8 Å². The van der Waals surface area contributed by atoms with E-state index in [9.17, 15) is 0 Å². The van der Waals surface area contributed by atoms with Crippen molar-refractivity contribution in [3.63, 3.8) is 0 Å². The standard InChI is InChI=1S/C14H25BCl/c1-11(2)14(3,4)15-13(16)10-12-8-6-5-7-9-12/h10-12H,5-9H2,1-4H3/b13-10-. The Kier molecular flexibility index (Phi) is 5.44. The smallest absolute Gasteiger partial charge is 0.101 e. The summed E-state index contributed by atoms with van der Waals surface area (Å²) in [6.45, 7) is 9.02. The molecule has 0 aliphatic heterocycles. The molecule has 0 spiro atoms. The van der Waals surface area contributed by atoms with Gasteiger partial charge in [0.1, 0.15) is 0 Å². The maximum atomic E-state index is 6.35. The first-order chi connectivity index (χ1) is 7.42. The second kappa shape index (κ2) is 6.14. The van der Waals surface area contributed by atoms with Gasteiger partial charge in [0.2, 0.25) is 0 Å². The lowest BCUT2D eigenvalue weighted by molar-refractivity contribution is 0.419. The molecule has 0 aromatic heterocycles. The van der Waals surface area contributed by atoms with Gasteiger partial charge in [0.25, 0.3) is 0 Å². The van der Waals surface area contributed by atoms with Crippen molar-refractivity contribution < 1.29 is 0 Å². The molecule has 0 bridgehead atoms. The Labute approximate surface area is 107 Å². The molecule has 16 heavy (non-hydrogen) atoms. The van der Waals surface area contributed by atoms with Crippen LogP contribution in [0.15, 0.2) is 11.0 Å². The van der Waals surface area contributed by atoms with E-state index in [-0.39, 0.29) is 5.31 Å². The summed E-state index contributed by atoms with van der Waals surface area (Å²) < 4.78 is 0. The highest BCUT2D eigenvalue weighted by atomic mass is 35.5. The van der Waals surface area contributed by atoms with Crippen LogP contribution >= 0.6 is 11.6 Å². The summed E-state index contributed by atoms with van der Waals surface area (Å²) in [5.41, 5.74) is 0. The molecule has 0 N–H and O–H groups in total. The van der Waals surface area contributed by atoms with Crippen molar-refractivity contribution in [2.45, 2.75) is 65.1 Å². The molecule has 0 saturated heterocycles. The van der Waals surface area contributed by atoms with Crippen LogP contribution in [0.5, 0.6) is 0 Å². The molecule has 1 aliphatic rings. The van der Waals surface area contributed by atoms with Crippen LogP contribution in [0.2, 0.25) is 5.31 Å². The summed E-state index contributed by atoms with van der Waals surface area (Å²) in [6, 6.07) is 0. The van der Waals surface area contributed by atoms with Gasteiger partial charge in [0.15, 0.2) is 7.28 Å². The van der Waals surface area contributed by atoms with Crippen molar-refractivity contribution in [1.82, 2.24) is 0 Å². The quantitative estimate of drug-likeness (QED) is 0.591. The summed E-state index contributed by atoms with van der Waals surface area (Å²) in [5.74, 6) is 1.35. The fourth-order valence-electron chi connectivity index (χ4n) is 2.10. The number of halogens is 1. The first-order valence-electron chi connectivity index (χ1n) is 6.65. The monoisotopic (exact) mass is 239 g/mol. The number of hydrogen-bond acceptors (Lipinski definition) is 0. The molecule has 1 rings (SSSR count). The zero-order chi connectivity index (χ0) is 12.2. The van der Waals surface area contributed by atoms with E-state index in [4.69, 9.17) is 11.6 Å². The molecule has 0 amide bonds. The molecule has 1 aliphatic carbocycles. The zero-order valence-corrected chi connectivity index (χ0v) is 12.0. The predicted molar refractivity (Wildman–Crippen MR) is 75.1 cm³/mol. The van der Waals surface area contributed by atoms with Crippen molar-refractivity contribution in [2.75, 3.05) is 0 Å².